The lowest BCUT2D eigenvalue weighted by Crippen LogP contribution is -2.20. The van der Waals surface area contributed by atoms with Crippen molar-refractivity contribution in [2.24, 2.45) is 11.8 Å². The molecule has 0 spiro atoms. The van der Waals surface area contributed by atoms with Gasteiger partial charge in [-0.15, -0.1) is 0 Å². The van der Waals surface area contributed by atoms with Crippen molar-refractivity contribution in [3.05, 3.63) is 53.1 Å². The quantitative estimate of drug-likeness (QED) is 0.259. The van der Waals surface area contributed by atoms with Gasteiger partial charge in [-0.1, -0.05) is 26.0 Å². The summed E-state index contributed by atoms with van der Waals surface area (Å²) >= 11 is 0. The van der Waals surface area contributed by atoms with Gasteiger partial charge in [-0.3, -0.25) is 4.79 Å². The maximum absolute atomic E-state index is 14.2. The van der Waals surface area contributed by atoms with Crippen LogP contribution in [0.2, 0.25) is 0 Å². The molecular weight excluding hydrogens is 474 g/mol. The minimum atomic E-state index is -4.81. The second-order valence-corrected chi connectivity index (χ2v) is 9.21. The first-order valence-electron chi connectivity index (χ1n) is 11.5. The summed E-state index contributed by atoms with van der Waals surface area (Å²) in [5.41, 5.74) is -1.79. The van der Waals surface area contributed by atoms with Crippen molar-refractivity contribution in [2.75, 3.05) is 13.2 Å². The highest BCUT2D eigenvalue weighted by Gasteiger charge is 2.39. The zero-order valence-corrected chi connectivity index (χ0v) is 19.7. The average Bonchev–Trinajstić information content (AvgIpc) is 3.59. The summed E-state index contributed by atoms with van der Waals surface area (Å²) in [6.45, 7) is 5.41. The number of halogens is 6. The fourth-order valence-corrected chi connectivity index (χ4v) is 3.84. The van der Waals surface area contributed by atoms with E-state index in [0.29, 0.717) is 0 Å². The summed E-state index contributed by atoms with van der Waals surface area (Å²) in [5, 5.41) is 0. The molecule has 0 N–H and O–H groups in total. The zero-order chi connectivity index (χ0) is 26.0. The van der Waals surface area contributed by atoms with Crippen molar-refractivity contribution in [1.82, 2.24) is 0 Å². The predicted molar refractivity (Wildman–Crippen MR) is 119 cm³/mol. The van der Waals surface area contributed by atoms with Crippen LogP contribution in [0.1, 0.15) is 62.6 Å². The van der Waals surface area contributed by atoms with Crippen LogP contribution < -0.4 is 4.74 Å². The molecule has 0 radical (unpaired) electrons. The SMILES string of the molecule is CCOC(=O)C(CC(C)C)c1cc(-c2ccc(C(F)(F)F)cc2)c(OCC2CC2)c(C(F)(F)F)c1. The number of hydrogen-bond acceptors (Lipinski definition) is 3. The molecule has 1 saturated carbocycles. The summed E-state index contributed by atoms with van der Waals surface area (Å²) in [7, 11) is 0. The molecule has 3 rings (SSSR count). The number of esters is 1. The molecule has 9 heteroatoms. The summed E-state index contributed by atoms with van der Waals surface area (Å²) in [6.07, 6.45) is -7.48. The molecule has 1 atom stereocenters. The highest BCUT2D eigenvalue weighted by atomic mass is 19.4. The van der Waals surface area contributed by atoms with Gasteiger partial charge in [-0.2, -0.15) is 26.3 Å². The molecule has 1 aliphatic rings. The maximum atomic E-state index is 14.2. The van der Waals surface area contributed by atoms with Crippen LogP contribution >= 0.6 is 0 Å². The van der Waals surface area contributed by atoms with Gasteiger partial charge in [-0.25, -0.2) is 0 Å². The largest absolute Gasteiger partial charge is 0.492 e. The Bertz CT molecular complexity index is 1020. The lowest BCUT2D eigenvalue weighted by molar-refractivity contribution is -0.146. The smallest absolute Gasteiger partial charge is 0.419 e. The van der Waals surface area contributed by atoms with Crippen molar-refractivity contribution >= 4 is 5.97 Å². The summed E-state index contributed by atoms with van der Waals surface area (Å²) in [5.74, 6) is -1.95. The van der Waals surface area contributed by atoms with E-state index < -0.39 is 41.1 Å². The highest BCUT2D eigenvalue weighted by molar-refractivity contribution is 5.81. The third-order valence-corrected chi connectivity index (χ3v) is 5.78. The van der Waals surface area contributed by atoms with Gasteiger partial charge in [0, 0.05) is 5.56 Å². The first-order chi connectivity index (χ1) is 16.3. The minimum absolute atomic E-state index is 0.0118. The molecule has 3 nitrogen and oxygen atoms in total. The number of ether oxygens (including phenoxy) is 2. The summed E-state index contributed by atoms with van der Waals surface area (Å²) in [6, 6.07) is 6.18. The van der Waals surface area contributed by atoms with Gasteiger partial charge in [0.05, 0.1) is 30.3 Å². The molecule has 0 heterocycles. The molecule has 0 bridgehead atoms. The topological polar surface area (TPSA) is 35.5 Å². The van der Waals surface area contributed by atoms with Crippen LogP contribution in [0, 0.1) is 11.8 Å². The molecule has 2 aromatic carbocycles. The Hall–Kier alpha value is -2.71. The molecule has 1 fully saturated rings. The summed E-state index contributed by atoms with van der Waals surface area (Å²) in [4.78, 5) is 12.7. The predicted octanol–water partition coefficient (Wildman–Crippen LogP) is 7.87. The van der Waals surface area contributed by atoms with Crippen molar-refractivity contribution in [3.8, 4) is 16.9 Å². The molecule has 35 heavy (non-hydrogen) atoms. The molecule has 0 amide bonds. The first kappa shape index (κ1) is 26.9. The van der Waals surface area contributed by atoms with Crippen molar-refractivity contribution in [3.63, 3.8) is 0 Å². The molecule has 1 unspecified atom stereocenters. The van der Waals surface area contributed by atoms with E-state index in [1.165, 1.54) is 6.07 Å². The Morgan fingerprint density at radius 3 is 2.11 bits per heavy atom. The molecule has 2 aromatic rings. The minimum Gasteiger partial charge on any atom is -0.492 e. The number of carbonyl (C=O) groups is 1. The Labute approximate surface area is 200 Å². The third-order valence-electron chi connectivity index (χ3n) is 5.78. The maximum Gasteiger partial charge on any atom is 0.419 e. The van der Waals surface area contributed by atoms with Crippen LogP contribution in [0.15, 0.2) is 36.4 Å². The number of carbonyl (C=O) groups excluding carboxylic acids is 1. The van der Waals surface area contributed by atoms with E-state index in [2.05, 4.69) is 0 Å². The summed E-state index contributed by atoms with van der Waals surface area (Å²) < 4.78 is 92.6. The Balaban J connectivity index is 2.21. The van der Waals surface area contributed by atoms with Gasteiger partial charge >= 0.3 is 18.3 Å². The van der Waals surface area contributed by atoms with Crippen molar-refractivity contribution in [1.29, 1.82) is 0 Å². The standard InChI is InChI=1S/C26H28F6O3/c1-4-34-24(33)21(11-15(2)3)18-12-20(17-7-9-19(10-8-17)25(27,28)29)23(35-14-16-5-6-16)22(13-18)26(30,31)32/h7-10,12-13,15-16,21H,4-6,11,14H2,1-3H3. The van der Waals surface area contributed by atoms with Gasteiger partial charge < -0.3 is 9.47 Å². The Kier molecular flexibility index (Phi) is 8.07. The van der Waals surface area contributed by atoms with E-state index in [1.807, 2.05) is 13.8 Å². The average molecular weight is 502 g/mol. The van der Waals surface area contributed by atoms with E-state index in [1.54, 1.807) is 6.92 Å². The fraction of sp³-hybridized carbons (Fsp3) is 0.500. The van der Waals surface area contributed by atoms with Crippen molar-refractivity contribution < 1.29 is 40.6 Å². The van der Waals surface area contributed by atoms with E-state index in [-0.39, 0.29) is 48.2 Å². The molecule has 0 aromatic heterocycles. The second-order valence-electron chi connectivity index (χ2n) is 9.21. The van der Waals surface area contributed by atoms with Gasteiger partial charge in [0.15, 0.2) is 0 Å². The van der Waals surface area contributed by atoms with Crippen LogP contribution in [-0.2, 0) is 21.9 Å². The number of hydrogen-bond donors (Lipinski definition) is 0. The van der Waals surface area contributed by atoms with Gasteiger partial charge in [0.25, 0.3) is 0 Å². The molecular formula is C26H28F6O3. The van der Waals surface area contributed by atoms with Gasteiger partial charge in [0.2, 0.25) is 0 Å². The Morgan fingerprint density at radius 1 is 1.00 bits per heavy atom. The number of benzene rings is 2. The third kappa shape index (κ3) is 6.92. The molecule has 192 valence electrons. The highest BCUT2D eigenvalue weighted by Crippen LogP contribution is 2.46. The number of rotatable bonds is 9. The van der Waals surface area contributed by atoms with Crippen LogP contribution in [-0.4, -0.2) is 19.2 Å². The zero-order valence-electron chi connectivity index (χ0n) is 19.7. The van der Waals surface area contributed by atoms with E-state index in [9.17, 15) is 31.1 Å². The van der Waals surface area contributed by atoms with Crippen LogP contribution in [0.25, 0.3) is 11.1 Å². The lowest BCUT2D eigenvalue weighted by atomic mass is 9.86. The monoisotopic (exact) mass is 502 g/mol. The van der Waals surface area contributed by atoms with Gasteiger partial charge in [-0.05, 0) is 73.4 Å². The first-order valence-corrected chi connectivity index (χ1v) is 11.5. The van der Waals surface area contributed by atoms with Crippen LogP contribution in [0.5, 0.6) is 5.75 Å². The molecule has 1 aliphatic carbocycles. The van der Waals surface area contributed by atoms with E-state index >= 15 is 0 Å². The fourth-order valence-electron chi connectivity index (χ4n) is 3.84. The Morgan fingerprint density at radius 2 is 1.63 bits per heavy atom. The van der Waals surface area contributed by atoms with Crippen molar-refractivity contribution in [2.45, 2.75) is 58.3 Å². The van der Waals surface area contributed by atoms with Crippen LogP contribution in [0.3, 0.4) is 0 Å². The molecule has 0 saturated heterocycles. The van der Waals surface area contributed by atoms with Crippen LogP contribution in [0.4, 0.5) is 26.3 Å². The number of alkyl halides is 6. The van der Waals surface area contributed by atoms with E-state index in [4.69, 9.17) is 9.47 Å². The van der Waals surface area contributed by atoms with Gasteiger partial charge in [0.1, 0.15) is 5.75 Å². The molecule has 0 aliphatic heterocycles. The second kappa shape index (κ2) is 10.5. The van der Waals surface area contributed by atoms with E-state index in [0.717, 1.165) is 43.2 Å². The normalized spacial score (nSPS) is 15.3. The lowest BCUT2D eigenvalue weighted by Gasteiger charge is -2.24.